The Balaban J connectivity index is 2.02. The zero-order valence-corrected chi connectivity index (χ0v) is 15.0. The Bertz CT molecular complexity index is 1050. The van der Waals surface area contributed by atoms with Gasteiger partial charge in [-0.3, -0.25) is 0 Å². The van der Waals surface area contributed by atoms with Crippen molar-refractivity contribution < 1.29 is 13.2 Å². The normalized spacial score (nSPS) is 13.2. The van der Waals surface area contributed by atoms with E-state index in [0.29, 0.717) is 4.90 Å². The molecule has 4 nitrogen and oxygen atoms in total. The standard InChI is InChI=1S/C20H19NO3S/c1-24-16-8-9-17-15(12-16)10-11-21-18(14-6-4-3-5-7-14)13-19(20(17)21)25(2,22)23/h3-9,12-13H,10-11H2,1-2H3. The number of methoxy groups -OCH3 is 1. The van der Waals surface area contributed by atoms with Crippen LogP contribution in [0.15, 0.2) is 59.5 Å². The topological polar surface area (TPSA) is 48.3 Å². The molecule has 0 amide bonds. The van der Waals surface area contributed by atoms with Gasteiger partial charge in [0.1, 0.15) is 5.75 Å². The van der Waals surface area contributed by atoms with E-state index >= 15 is 0 Å². The van der Waals surface area contributed by atoms with Gasteiger partial charge in [-0.2, -0.15) is 0 Å². The molecule has 0 aliphatic carbocycles. The highest BCUT2D eigenvalue weighted by molar-refractivity contribution is 7.90. The molecule has 0 unspecified atom stereocenters. The number of hydrogen-bond donors (Lipinski definition) is 0. The Morgan fingerprint density at radius 2 is 1.80 bits per heavy atom. The van der Waals surface area contributed by atoms with Crippen molar-refractivity contribution in [1.82, 2.24) is 4.57 Å². The predicted molar refractivity (Wildman–Crippen MR) is 98.7 cm³/mol. The largest absolute Gasteiger partial charge is 0.497 e. The number of sulfone groups is 1. The quantitative estimate of drug-likeness (QED) is 0.720. The molecular weight excluding hydrogens is 334 g/mol. The second-order valence-electron chi connectivity index (χ2n) is 6.31. The first-order valence-electron chi connectivity index (χ1n) is 8.15. The lowest BCUT2D eigenvalue weighted by atomic mass is 9.98. The Labute approximate surface area is 147 Å². The molecule has 0 saturated heterocycles. The summed E-state index contributed by atoms with van der Waals surface area (Å²) >= 11 is 0. The summed E-state index contributed by atoms with van der Waals surface area (Å²) in [5.41, 5.74) is 4.84. The first-order valence-corrected chi connectivity index (χ1v) is 10.0. The third kappa shape index (κ3) is 2.65. The fourth-order valence-corrected chi connectivity index (χ4v) is 4.43. The monoisotopic (exact) mass is 353 g/mol. The van der Waals surface area contributed by atoms with E-state index in [4.69, 9.17) is 4.74 Å². The van der Waals surface area contributed by atoms with Crippen LogP contribution in [0.1, 0.15) is 5.56 Å². The van der Waals surface area contributed by atoms with E-state index in [1.165, 1.54) is 6.26 Å². The summed E-state index contributed by atoms with van der Waals surface area (Å²) in [6, 6.07) is 17.6. The summed E-state index contributed by atoms with van der Waals surface area (Å²) in [6.45, 7) is 0.745. The average Bonchev–Trinajstić information content (AvgIpc) is 3.02. The van der Waals surface area contributed by atoms with Crippen LogP contribution in [-0.4, -0.2) is 26.4 Å². The van der Waals surface area contributed by atoms with Crippen molar-refractivity contribution in [2.45, 2.75) is 17.9 Å². The summed E-state index contributed by atoms with van der Waals surface area (Å²) in [5.74, 6) is 0.794. The maximum atomic E-state index is 12.4. The van der Waals surface area contributed by atoms with E-state index in [9.17, 15) is 8.42 Å². The SMILES string of the molecule is COc1ccc2c(c1)CCn1c(-c3ccccc3)cc(S(C)(=O)=O)c1-2. The Kier molecular flexibility index (Phi) is 3.69. The highest BCUT2D eigenvalue weighted by Crippen LogP contribution is 2.41. The molecule has 0 bridgehead atoms. The molecule has 25 heavy (non-hydrogen) atoms. The summed E-state index contributed by atoms with van der Waals surface area (Å²) in [5, 5.41) is 0. The van der Waals surface area contributed by atoms with E-state index in [1.54, 1.807) is 13.2 Å². The number of nitrogens with zero attached hydrogens (tertiary/aromatic N) is 1. The van der Waals surface area contributed by atoms with E-state index in [1.807, 2.05) is 48.5 Å². The van der Waals surface area contributed by atoms with Gasteiger partial charge in [-0.15, -0.1) is 0 Å². The van der Waals surface area contributed by atoms with Crippen LogP contribution in [0, 0.1) is 0 Å². The highest BCUT2D eigenvalue weighted by atomic mass is 32.2. The van der Waals surface area contributed by atoms with Crippen LogP contribution < -0.4 is 4.74 Å². The first-order chi connectivity index (χ1) is 12.0. The van der Waals surface area contributed by atoms with Crippen molar-refractivity contribution in [3.63, 3.8) is 0 Å². The molecule has 0 radical (unpaired) electrons. The lowest BCUT2D eigenvalue weighted by Gasteiger charge is -2.23. The van der Waals surface area contributed by atoms with Gasteiger partial charge in [-0.25, -0.2) is 8.42 Å². The summed E-state index contributed by atoms with van der Waals surface area (Å²) in [7, 11) is -1.70. The number of aromatic nitrogens is 1. The molecular formula is C20H19NO3S. The maximum Gasteiger partial charge on any atom is 0.177 e. The molecule has 0 spiro atoms. The van der Waals surface area contributed by atoms with Crippen LogP contribution in [-0.2, 0) is 22.8 Å². The molecule has 3 aromatic rings. The lowest BCUT2D eigenvalue weighted by Crippen LogP contribution is -2.13. The van der Waals surface area contributed by atoms with Crippen molar-refractivity contribution in [3.05, 3.63) is 60.2 Å². The van der Waals surface area contributed by atoms with Crippen LogP contribution in [0.25, 0.3) is 22.5 Å². The third-order valence-electron chi connectivity index (χ3n) is 4.70. The summed E-state index contributed by atoms with van der Waals surface area (Å²) in [6.07, 6.45) is 2.12. The molecule has 2 aromatic carbocycles. The summed E-state index contributed by atoms with van der Waals surface area (Å²) < 4.78 is 32.3. The smallest absolute Gasteiger partial charge is 0.177 e. The molecule has 4 rings (SSSR count). The summed E-state index contributed by atoms with van der Waals surface area (Å²) in [4.78, 5) is 0.387. The molecule has 5 heteroatoms. The zero-order chi connectivity index (χ0) is 17.6. The Hall–Kier alpha value is -2.53. The maximum absolute atomic E-state index is 12.4. The fraction of sp³-hybridized carbons (Fsp3) is 0.200. The van der Waals surface area contributed by atoms with E-state index < -0.39 is 9.84 Å². The third-order valence-corrected chi connectivity index (χ3v) is 5.81. The number of benzene rings is 2. The van der Waals surface area contributed by atoms with Gasteiger partial charge in [0, 0.05) is 24.1 Å². The molecule has 0 atom stereocenters. The van der Waals surface area contributed by atoms with Gasteiger partial charge in [-0.05, 0) is 41.8 Å². The van der Waals surface area contributed by atoms with Gasteiger partial charge >= 0.3 is 0 Å². The lowest BCUT2D eigenvalue weighted by molar-refractivity contribution is 0.414. The molecule has 128 valence electrons. The van der Waals surface area contributed by atoms with E-state index in [2.05, 4.69) is 4.57 Å². The first kappa shape index (κ1) is 16.0. The van der Waals surface area contributed by atoms with Crippen LogP contribution in [0.5, 0.6) is 5.75 Å². The Morgan fingerprint density at radius 3 is 2.48 bits per heavy atom. The van der Waals surface area contributed by atoms with Crippen LogP contribution >= 0.6 is 0 Å². The number of fused-ring (bicyclic) bond motifs is 3. The molecule has 0 N–H and O–H groups in total. The number of rotatable bonds is 3. The van der Waals surface area contributed by atoms with Crippen LogP contribution in [0.2, 0.25) is 0 Å². The average molecular weight is 353 g/mol. The van der Waals surface area contributed by atoms with Crippen molar-refractivity contribution in [3.8, 4) is 28.3 Å². The predicted octanol–water partition coefficient (Wildman–Crippen LogP) is 3.79. The molecule has 0 saturated carbocycles. The minimum atomic E-state index is -3.34. The molecule has 0 fully saturated rings. The fourth-order valence-electron chi connectivity index (χ4n) is 3.53. The van der Waals surface area contributed by atoms with Gasteiger partial charge in [0.05, 0.1) is 17.7 Å². The van der Waals surface area contributed by atoms with Gasteiger partial charge in [0.2, 0.25) is 0 Å². The number of ether oxygens (including phenoxy) is 1. The van der Waals surface area contributed by atoms with Crippen molar-refractivity contribution in [2.24, 2.45) is 0 Å². The van der Waals surface area contributed by atoms with Crippen LogP contribution in [0.3, 0.4) is 0 Å². The number of hydrogen-bond acceptors (Lipinski definition) is 3. The van der Waals surface area contributed by atoms with Crippen LogP contribution in [0.4, 0.5) is 0 Å². The van der Waals surface area contributed by atoms with Gasteiger partial charge in [0.15, 0.2) is 9.84 Å². The van der Waals surface area contributed by atoms with Crippen molar-refractivity contribution in [2.75, 3.05) is 13.4 Å². The molecule has 2 heterocycles. The minimum absolute atomic E-state index is 0.387. The number of aryl methyl sites for hydroxylation is 1. The molecule has 1 aliphatic heterocycles. The van der Waals surface area contributed by atoms with Gasteiger partial charge in [0.25, 0.3) is 0 Å². The highest BCUT2D eigenvalue weighted by Gasteiger charge is 2.28. The van der Waals surface area contributed by atoms with Crippen molar-refractivity contribution in [1.29, 1.82) is 0 Å². The zero-order valence-electron chi connectivity index (χ0n) is 14.2. The minimum Gasteiger partial charge on any atom is -0.497 e. The second-order valence-corrected chi connectivity index (χ2v) is 8.29. The van der Waals surface area contributed by atoms with Gasteiger partial charge < -0.3 is 9.30 Å². The molecule has 1 aromatic heterocycles. The second kappa shape index (κ2) is 5.77. The van der Waals surface area contributed by atoms with E-state index in [0.717, 1.165) is 46.8 Å². The Morgan fingerprint density at radius 1 is 1.04 bits per heavy atom. The van der Waals surface area contributed by atoms with Crippen molar-refractivity contribution >= 4 is 9.84 Å². The van der Waals surface area contributed by atoms with Gasteiger partial charge in [-0.1, -0.05) is 30.3 Å². The molecule has 1 aliphatic rings. The van der Waals surface area contributed by atoms with E-state index in [-0.39, 0.29) is 0 Å².